The Kier molecular flexibility index (Phi) is 4.19. The standard InChI is InChI=1S/C14H18N2O2/c1-18-14-5-2-10(6-12(14)7-15)8-16-9-13(17)11-3-4-11/h2,5-6,11,13,16-17H,3-4,8-9H2,1H3. The molecule has 1 aliphatic rings. The van der Waals surface area contributed by atoms with E-state index >= 15 is 0 Å². The molecule has 1 saturated carbocycles. The third kappa shape index (κ3) is 3.22. The Morgan fingerprint density at radius 1 is 1.56 bits per heavy atom. The minimum atomic E-state index is -0.237. The van der Waals surface area contributed by atoms with Crippen molar-refractivity contribution in [2.45, 2.75) is 25.5 Å². The predicted molar refractivity (Wildman–Crippen MR) is 68.1 cm³/mol. The van der Waals surface area contributed by atoms with E-state index in [0.29, 0.717) is 30.3 Å². The zero-order valence-corrected chi connectivity index (χ0v) is 10.5. The summed E-state index contributed by atoms with van der Waals surface area (Å²) in [6, 6.07) is 7.65. The van der Waals surface area contributed by atoms with Crippen molar-refractivity contribution in [3.63, 3.8) is 0 Å². The van der Waals surface area contributed by atoms with Crippen LogP contribution in [0.25, 0.3) is 0 Å². The third-order valence-electron chi connectivity index (χ3n) is 3.23. The van der Waals surface area contributed by atoms with E-state index in [-0.39, 0.29) is 6.10 Å². The predicted octanol–water partition coefficient (Wildman–Crippen LogP) is 1.43. The van der Waals surface area contributed by atoms with E-state index in [1.54, 1.807) is 13.2 Å². The molecule has 1 atom stereocenters. The number of methoxy groups -OCH3 is 1. The molecule has 0 amide bonds. The number of ether oxygens (including phenoxy) is 1. The van der Waals surface area contributed by atoms with Crippen LogP contribution >= 0.6 is 0 Å². The van der Waals surface area contributed by atoms with Gasteiger partial charge in [-0.25, -0.2) is 0 Å². The first-order valence-electron chi connectivity index (χ1n) is 6.20. The summed E-state index contributed by atoms with van der Waals surface area (Å²) in [5.74, 6) is 1.09. The van der Waals surface area contributed by atoms with Gasteiger partial charge in [0, 0.05) is 13.1 Å². The average molecular weight is 246 g/mol. The molecule has 0 aliphatic heterocycles. The molecule has 2 rings (SSSR count). The lowest BCUT2D eigenvalue weighted by Gasteiger charge is -2.11. The van der Waals surface area contributed by atoms with Gasteiger partial charge in [0.1, 0.15) is 11.8 Å². The smallest absolute Gasteiger partial charge is 0.136 e. The van der Waals surface area contributed by atoms with E-state index in [4.69, 9.17) is 10.00 Å². The Labute approximate surface area is 107 Å². The number of aliphatic hydroxyl groups is 1. The average Bonchev–Trinajstić information content (AvgIpc) is 3.22. The minimum absolute atomic E-state index is 0.237. The molecule has 4 nitrogen and oxygen atoms in total. The van der Waals surface area contributed by atoms with Gasteiger partial charge in [-0.05, 0) is 36.5 Å². The van der Waals surface area contributed by atoms with Crippen LogP contribution in [-0.2, 0) is 6.54 Å². The number of nitrogens with zero attached hydrogens (tertiary/aromatic N) is 1. The van der Waals surface area contributed by atoms with Crippen LogP contribution in [0.15, 0.2) is 18.2 Å². The monoisotopic (exact) mass is 246 g/mol. The second-order valence-electron chi connectivity index (χ2n) is 4.68. The zero-order chi connectivity index (χ0) is 13.0. The van der Waals surface area contributed by atoms with Gasteiger partial charge in [-0.3, -0.25) is 0 Å². The number of hydrogen-bond donors (Lipinski definition) is 2. The lowest BCUT2D eigenvalue weighted by Crippen LogP contribution is -2.27. The second-order valence-corrected chi connectivity index (χ2v) is 4.68. The molecule has 1 aliphatic carbocycles. The van der Waals surface area contributed by atoms with E-state index in [0.717, 1.165) is 18.4 Å². The van der Waals surface area contributed by atoms with Crippen LogP contribution < -0.4 is 10.1 Å². The lowest BCUT2D eigenvalue weighted by molar-refractivity contribution is 0.148. The van der Waals surface area contributed by atoms with Crippen LogP contribution in [-0.4, -0.2) is 24.9 Å². The molecule has 0 heterocycles. The fourth-order valence-corrected chi connectivity index (χ4v) is 1.96. The molecule has 0 aromatic heterocycles. The van der Waals surface area contributed by atoms with Gasteiger partial charge in [0.25, 0.3) is 0 Å². The van der Waals surface area contributed by atoms with E-state index in [1.807, 2.05) is 12.1 Å². The molecule has 0 saturated heterocycles. The minimum Gasteiger partial charge on any atom is -0.495 e. The summed E-state index contributed by atoms with van der Waals surface area (Å²) in [4.78, 5) is 0. The van der Waals surface area contributed by atoms with Gasteiger partial charge >= 0.3 is 0 Å². The molecule has 1 aromatic rings. The topological polar surface area (TPSA) is 65.3 Å². The van der Waals surface area contributed by atoms with Gasteiger partial charge in [-0.2, -0.15) is 5.26 Å². The molecule has 0 bridgehead atoms. The maximum atomic E-state index is 9.72. The van der Waals surface area contributed by atoms with Crippen molar-refractivity contribution >= 4 is 0 Å². The van der Waals surface area contributed by atoms with Gasteiger partial charge in [0.15, 0.2) is 0 Å². The SMILES string of the molecule is COc1ccc(CNCC(O)C2CC2)cc1C#N. The summed E-state index contributed by atoms with van der Waals surface area (Å²) in [5.41, 5.74) is 1.56. The van der Waals surface area contributed by atoms with Gasteiger partial charge in [-0.1, -0.05) is 6.07 Å². The Morgan fingerprint density at radius 2 is 2.33 bits per heavy atom. The third-order valence-corrected chi connectivity index (χ3v) is 3.23. The fourth-order valence-electron chi connectivity index (χ4n) is 1.96. The number of rotatable bonds is 6. The summed E-state index contributed by atoms with van der Waals surface area (Å²) in [6.45, 7) is 1.26. The van der Waals surface area contributed by atoms with Crippen LogP contribution in [0.1, 0.15) is 24.0 Å². The number of benzene rings is 1. The highest BCUT2D eigenvalue weighted by molar-refractivity contribution is 5.45. The van der Waals surface area contributed by atoms with Crippen molar-refractivity contribution in [2.75, 3.05) is 13.7 Å². The van der Waals surface area contributed by atoms with Crippen molar-refractivity contribution in [2.24, 2.45) is 5.92 Å². The largest absolute Gasteiger partial charge is 0.495 e. The number of aliphatic hydroxyl groups excluding tert-OH is 1. The maximum absolute atomic E-state index is 9.72. The Morgan fingerprint density at radius 3 is 2.94 bits per heavy atom. The summed E-state index contributed by atoms with van der Waals surface area (Å²) < 4.78 is 5.09. The number of nitriles is 1. The Balaban J connectivity index is 1.87. The number of nitrogens with one attached hydrogen (secondary N) is 1. The first-order chi connectivity index (χ1) is 8.74. The van der Waals surface area contributed by atoms with E-state index in [2.05, 4.69) is 11.4 Å². The van der Waals surface area contributed by atoms with Crippen molar-refractivity contribution in [3.8, 4) is 11.8 Å². The molecule has 0 radical (unpaired) electrons. The Bertz CT molecular complexity index is 450. The van der Waals surface area contributed by atoms with E-state index < -0.39 is 0 Å². The summed E-state index contributed by atoms with van der Waals surface area (Å²) >= 11 is 0. The van der Waals surface area contributed by atoms with Gasteiger partial charge in [-0.15, -0.1) is 0 Å². The van der Waals surface area contributed by atoms with Crippen molar-refractivity contribution in [1.29, 1.82) is 5.26 Å². The van der Waals surface area contributed by atoms with Crippen molar-refractivity contribution in [1.82, 2.24) is 5.32 Å². The van der Waals surface area contributed by atoms with Gasteiger partial charge < -0.3 is 15.2 Å². The fraction of sp³-hybridized carbons (Fsp3) is 0.500. The van der Waals surface area contributed by atoms with Crippen LogP contribution in [0.4, 0.5) is 0 Å². The molecule has 1 unspecified atom stereocenters. The first kappa shape index (κ1) is 12.9. The molecule has 18 heavy (non-hydrogen) atoms. The van der Waals surface area contributed by atoms with Crippen LogP contribution in [0.5, 0.6) is 5.75 Å². The van der Waals surface area contributed by atoms with Crippen LogP contribution in [0.2, 0.25) is 0 Å². The maximum Gasteiger partial charge on any atom is 0.136 e. The zero-order valence-electron chi connectivity index (χ0n) is 10.5. The molecule has 0 spiro atoms. The summed E-state index contributed by atoms with van der Waals surface area (Å²) in [6.07, 6.45) is 2.05. The quantitative estimate of drug-likeness (QED) is 0.797. The normalized spacial score (nSPS) is 16.1. The van der Waals surface area contributed by atoms with E-state index in [1.165, 1.54) is 0 Å². The van der Waals surface area contributed by atoms with Crippen LogP contribution in [0, 0.1) is 17.2 Å². The highest BCUT2D eigenvalue weighted by atomic mass is 16.5. The highest BCUT2D eigenvalue weighted by Gasteiger charge is 2.28. The van der Waals surface area contributed by atoms with Crippen molar-refractivity contribution < 1.29 is 9.84 Å². The molecule has 2 N–H and O–H groups in total. The highest BCUT2D eigenvalue weighted by Crippen LogP contribution is 2.32. The molecule has 96 valence electrons. The molecular formula is C14H18N2O2. The van der Waals surface area contributed by atoms with Gasteiger partial charge in [0.2, 0.25) is 0 Å². The Hall–Kier alpha value is -1.57. The molecule has 4 heteroatoms. The van der Waals surface area contributed by atoms with Crippen LogP contribution in [0.3, 0.4) is 0 Å². The molecular weight excluding hydrogens is 228 g/mol. The number of hydrogen-bond acceptors (Lipinski definition) is 4. The van der Waals surface area contributed by atoms with E-state index in [9.17, 15) is 5.11 Å². The summed E-state index contributed by atoms with van der Waals surface area (Å²) in [7, 11) is 1.56. The molecule has 1 fully saturated rings. The molecule has 1 aromatic carbocycles. The summed E-state index contributed by atoms with van der Waals surface area (Å²) in [5, 5.41) is 21.9. The second kappa shape index (κ2) is 5.85. The van der Waals surface area contributed by atoms with Crippen molar-refractivity contribution in [3.05, 3.63) is 29.3 Å². The van der Waals surface area contributed by atoms with Gasteiger partial charge in [0.05, 0.1) is 18.8 Å². The lowest BCUT2D eigenvalue weighted by atomic mass is 10.1. The first-order valence-corrected chi connectivity index (χ1v) is 6.20.